The number of rotatable bonds is 6. The van der Waals surface area contributed by atoms with Crippen molar-refractivity contribution in [3.05, 3.63) is 0 Å². The van der Waals surface area contributed by atoms with E-state index in [2.05, 4.69) is 5.32 Å². The molecule has 7 heteroatoms. The maximum absolute atomic E-state index is 11.9. The van der Waals surface area contributed by atoms with Crippen LogP contribution in [0.5, 0.6) is 0 Å². The van der Waals surface area contributed by atoms with Gasteiger partial charge in [0.05, 0.1) is 11.0 Å². The molecule has 1 fully saturated rings. The fraction of sp³-hybridized carbons (Fsp3) is 0.818. The Labute approximate surface area is 107 Å². The molecule has 6 nitrogen and oxygen atoms in total. The maximum atomic E-state index is 11.9. The van der Waals surface area contributed by atoms with E-state index in [0.29, 0.717) is 12.8 Å². The third kappa shape index (κ3) is 4.29. The molecule has 1 amide bonds. The minimum atomic E-state index is -3.22. The van der Waals surface area contributed by atoms with Gasteiger partial charge in [-0.15, -0.1) is 0 Å². The van der Waals surface area contributed by atoms with Gasteiger partial charge in [-0.1, -0.05) is 12.8 Å². The average Bonchev–Trinajstić information content (AvgIpc) is 2.80. The highest BCUT2D eigenvalue weighted by atomic mass is 32.2. The molecule has 1 aliphatic carbocycles. The monoisotopic (exact) mass is 277 g/mol. The van der Waals surface area contributed by atoms with E-state index in [-0.39, 0.29) is 17.4 Å². The molecule has 1 rings (SSSR count). The summed E-state index contributed by atoms with van der Waals surface area (Å²) in [5, 5.41) is 10.5. The predicted octanol–water partition coefficient (Wildman–Crippen LogP) is 0.323. The molecule has 1 atom stereocenters. The van der Waals surface area contributed by atoms with E-state index in [1.165, 1.54) is 6.92 Å². The number of carboxylic acid groups (broad SMARTS) is 1. The quantitative estimate of drug-likeness (QED) is 0.728. The van der Waals surface area contributed by atoms with Crippen molar-refractivity contribution in [1.82, 2.24) is 5.32 Å². The first-order chi connectivity index (χ1) is 8.33. The van der Waals surface area contributed by atoms with Crippen LogP contribution in [0.2, 0.25) is 0 Å². The Kier molecular flexibility index (Phi) is 5.13. The summed E-state index contributed by atoms with van der Waals surface area (Å²) in [5.74, 6) is -1.87. The number of nitrogens with one attached hydrogen (secondary N) is 1. The van der Waals surface area contributed by atoms with Crippen LogP contribution in [-0.4, -0.2) is 42.4 Å². The van der Waals surface area contributed by atoms with Crippen LogP contribution in [0, 0.1) is 0 Å². The van der Waals surface area contributed by atoms with Crippen molar-refractivity contribution >= 4 is 21.7 Å². The van der Waals surface area contributed by atoms with Gasteiger partial charge < -0.3 is 10.4 Å². The molecule has 0 aromatic rings. The molecule has 0 bridgehead atoms. The predicted molar refractivity (Wildman–Crippen MR) is 65.9 cm³/mol. The smallest absolute Gasteiger partial charge is 0.325 e. The van der Waals surface area contributed by atoms with Crippen molar-refractivity contribution in [2.75, 3.05) is 5.75 Å². The summed E-state index contributed by atoms with van der Waals surface area (Å²) < 4.78 is 23.7. The van der Waals surface area contributed by atoms with Gasteiger partial charge in [0, 0.05) is 6.42 Å². The van der Waals surface area contributed by atoms with Crippen LogP contribution in [0.15, 0.2) is 0 Å². The summed E-state index contributed by atoms with van der Waals surface area (Å²) in [7, 11) is -3.22. The normalized spacial score (nSPS) is 18.5. The molecule has 104 valence electrons. The number of amides is 1. The van der Waals surface area contributed by atoms with Gasteiger partial charge in [-0.3, -0.25) is 9.59 Å². The van der Waals surface area contributed by atoms with Gasteiger partial charge in [-0.2, -0.15) is 0 Å². The van der Waals surface area contributed by atoms with Gasteiger partial charge in [0.15, 0.2) is 9.84 Å². The van der Waals surface area contributed by atoms with Crippen molar-refractivity contribution in [2.24, 2.45) is 0 Å². The third-order valence-electron chi connectivity index (χ3n) is 3.17. The summed E-state index contributed by atoms with van der Waals surface area (Å²) in [4.78, 5) is 21.9. The van der Waals surface area contributed by atoms with Crippen LogP contribution in [0.25, 0.3) is 0 Å². The molecule has 18 heavy (non-hydrogen) atoms. The van der Waals surface area contributed by atoms with Gasteiger partial charge in [-0.25, -0.2) is 8.42 Å². The zero-order valence-corrected chi connectivity index (χ0v) is 11.2. The van der Waals surface area contributed by atoms with Crippen molar-refractivity contribution < 1.29 is 23.1 Å². The second kappa shape index (κ2) is 6.17. The minimum absolute atomic E-state index is 0.170. The highest BCUT2D eigenvalue weighted by Gasteiger charge is 2.29. The lowest BCUT2D eigenvalue weighted by atomic mass is 10.3. The standard InChI is InChI=1S/C11H19NO5S/c1-8(11(14)15)12-10(13)6-7-18(16,17)9-4-2-3-5-9/h8-9H,2-7H2,1H3,(H,12,13)(H,14,15)/t8-/m0/s1. The lowest BCUT2D eigenvalue weighted by Crippen LogP contribution is -2.39. The molecule has 0 aromatic carbocycles. The van der Waals surface area contributed by atoms with E-state index in [1.54, 1.807) is 0 Å². The first-order valence-corrected chi connectivity index (χ1v) is 7.78. The Morgan fingerprint density at radius 3 is 2.39 bits per heavy atom. The van der Waals surface area contributed by atoms with Crippen LogP contribution in [0.1, 0.15) is 39.0 Å². The van der Waals surface area contributed by atoms with Gasteiger partial charge in [-0.05, 0) is 19.8 Å². The van der Waals surface area contributed by atoms with Crippen molar-refractivity contribution in [3.63, 3.8) is 0 Å². The molecule has 1 saturated carbocycles. The Morgan fingerprint density at radius 1 is 1.33 bits per heavy atom. The van der Waals surface area contributed by atoms with Gasteiger partial charge in [0.25, 0.3) is 0 Å². The van der Waals surface area contributed by atoms with Crippen LogP contribution < -0.4 is 5.32 Å². The van der Waals surface area contributed by atoms with Crippen LogP contribution in [0.4, 0.5) is 0 Å². The maximum Gasteiger partial charge on any atom is 0.325 e. The molecular weight excluding hydrogens is 258 g/mol. The van der Waals surface area contributed by atoms with E-state index >= 15 is 0 Å². The zero-order valence-electron chi connectivity index (χ0n) is 10.4. The summed E-state index contributed by atoms with van der Waals surface area (Å²) in [6, 6.07) is -0.994. The minimum Gasteiger partial charge on any atom is -0.480 e. The molecule has 0 unspecified atom stereocenters. The Balaban J connectivity index is 2.40. The van der Waals surface area contributed by atoms with E-state index in [1.807, 2.05) is 0 Å². The fourth-order valence-electron chi connectivity index (χ4n) is 2.02. The molecule has 0 heterocycles. The molecule has 0 radical (unpaired) electrons. The molecule has 0 spiro atoms. The average molecular weight is 277 g/mol. The molecule has 1 aliphatic rings. The largest absolute Gasteiger partial charge is 0.480 e. The number of carboxylic acids is 1. The van der Waals surface area contributed by atoms with Crippen molar-refractivity contribution in [1.29, 1.82) is 0 Å². The summed E-state index contributed by atoms with van der Waals surface area (Å²) in [6.45, 7) is 1.34. The van der Waals surface area contributed by atoms with E-state index in [0.717, 1.165) is 12.8 Å². The first kappa shape index (κ1) is 14.9. The number of sulfone groups is 1. The SMILES string of the molecule is C[C@H](NC(=O)CCS(=O)(=O)C1CCCC1)C(=O)O. The van der Waals surface area contributed by atoms with Crippen LogP contribution in [0.3, 0.4) is 0 Å². The molecule has 0 saturated heterocycles. The van der Waals surface area contributed by atoms with Crippen molar-refractivity contribution in [3.8, 4) is 0 Å². The Hall–Kier alpha value is -1.11. The summed E-state index contributed by atoms with van der Waals surface area (Å²) >= 11 is 0. The third-order valence-corrected chi connectivity index (χ3v) is 5.43. The van der Waals surface area contributed by atoms with Crippen molar-refractivity contribution in [2.45, 2.75) is 50.3 Å². The molecule has 2 N–H and O–H groups in total. The lowest BCUT2D eigenvalue weighted by molar-refractivity contribution is -0.141. The Morgan fingerprint density at radius 2 is 1.89 bits per heavy atom. The number of carbonyl (C=O) groups is 2. The Bertz CT molecular complexity index is 411. The highest BCUT2D eigenvalue weighted by molar-refractivity contribution is 7.92. The molecule has 0 aliphatic heterocycles. The first-order valence-electron chi connectivity index (χ1n) is 6.06. The lowest BCUT2D eigenvalue weighted by Gasteiger charge is -2.12. The van der Waals surface area contributed by atoms with Gasteiger partial charge >= 0.3 is 5.97 Å². The number of hydrogen-bond donors (Lipinski definition) is 2. The van der Waals surface area contributed by atoms with Gasteiger partial charge in [0.2, 0.25) is 5.91 Å². The van der Waals surface area contributed by atoms with E-state index in [9.17, 15) is 18.0 Å². The van der Waals surface area contributed by atoms with Crippen LogP contribution >= 0.6 is 0 Å². The number of carbonyl (C=O) groups excluding carboxylic acids is 1. The summed E-state index contributed by atoms with van der Waals surface area (Å²) in [5.41, 5.74) is 0. The van der Waals surface area contributed by atoms with Gasteiger partial charge in [0.1, 0.15) is 6.04 Å². The zero-order chi connectivity index (χ0) is 13.8. The van der Waals surface area contributed by atoms with E-state index < -0.39 is 27.8 Å². The highest BCUT2D eigenvalue weighted by Crippen LogP contribution is 2.25. The molecule has 0 aromatic heterocycles. The summed E-state index contributed by atoms with van der Waals surface area (Å²) in [6.07, 6.45) is 3.03. The number of hydrogen-bond acceptors (Lipinski definition) is 4. The second-order valence-corrected chi connectivity index (χ2v) is 7.05. The van der Waals surface area contributed by atoms with E-state index in [4.69, 9.17) is 5.11 Å². The van der Waals surface area contributed by atoms with Crippen LogP contribution in [-0.2, 0) is 19.4 Å². The number of aliphatic carboxylic acids is 1. The fourth-order valence-corrected chi connectivity index (χ4v) is 3.88. The topological polar surface area (TPSA) is 101 Å². The second-order valence-electron chi connectivity index (χ2n) is 4.65. The molecular formula is C11H19NO5S.